The molecule has 0 amide bonds. The van der Waals surface area contributed by atoms with Crippen LogP contribution in [0.25, 0.3) is 0 Å². The minimum Gasteiger partial charge on any atom is -0.493 e. The normalized spacial score (nSPS) is 10.6. The van der Waals surface area contributed by atoms with Crippen molar-refractivity contribution >= 4 is 11.8 Å². The number of hydrogen-bond acceptors (Lipinski definition) is 5. The number of thioether (sulfide) groups is 1. The summed E-state index contributed by atoms with van der Waals surface area (Å²) in [6.07, 6.45) is 3.15. The van der Waals surface area contributed by atoms with Crippen molar-refractivity contribution in [1.82, 2.24) is 5.32 Å². The predicted octanol–water partition coefficient (Wildman–Crippen LogP) is 2.56. The SMILES string of the molecule is COCCNCc1ccc(OC)c(OCCCSC)c1. The highest BCUT2D eigenvalue weighted by atomic mass is 32.2. The molecule has 0 bridgehead atoms. The molecule has 0 radical (unpaired) electrons. The zero-order valence-corrected chi connectivity index (χ0v) is 13.4. The van der Waals surface area contributed by atoms with Gasteiger partial charge in [-0.15, -0.1) is 0 Å². The summed E-state index contributed by atoms with van der Waals surface area (Å²) in [6, 6.07) is 6.04. The Kier molecular flexibility index (Phi) is 9.28. The van der Waals surface area contributed by atoms with Crippen LogP contribution in [0.1, 0.15) is 12.0 Å². The molecule has 0 heterocycles. The Morgan fingerprint density at radius 1 is 1.15 bits per heavy atom. The van der Waals surface area contributed by atoms with Gasteiger partial charge >= 0.3 is 0 Å². The topological polar surface area (TPSA) is 39.7 Å². The molecule has 20 heavy (non-hydrogen) atoms. The van der Waals surface area contributed by atoms with Crippen LogP contribution in [0, 0.1) is 0 Å². The van der Waals surface area contributed by atoms with Crippen LogP contribution < -0.4 is 14.8 Å². The number of nitrogens with one attached hydrogen (secondary N) is 1. The van der Waals surface area contributed by atoms with Gasteiger partial charge in [0.1, 0.15) is 0 Å². The molecule has 5 heteroatoms. The van der Waals surface area contributed by atoms with Gasteiger partial charge in [-0.05, 0) is 36.1 Å². The van der Waals surface area contributed by atoms with E-state index in [1.165, 1.54) is 5.56 Å². The van der Waals surface area contributed by atoms with Gasteiger partial charge < -0.3 is 19.5 Å². The third-order valence-corrected chi connectivity index (χ3v) is 3.49. The number of hydrogen-bond donors (Lipinski definition) is 1. The Bertz CT molecular complexity index is 374. The van der Waals surface area contributed by atoms with Gasteiger partial charge in [0, 0.05) is 20.2 Å². The van der Waals surface area contributed by atoms with E-state index in [0.717, 1.165) is 43.4 Å². The molecule has 0 spiro atoms. The summed E-state index contributed by atoms with van der Waals surface area (Å²) in [5, 5.41) is 3.32. The highest BCUT2D eigenvalue weighted by Gasteiger charge is 2.05. The van der Waals surface area contributed by atoms with E-state index in [0.29, 0.717) is 6.61 Å². The van der Waals surface area contributed by atoms with Crippen molar-refractivity contribution in [3.63, 3.8) is 0 Å². The van der Waals surface area contributed by atoms with E-state index < -0.39 is 0 Å². The van der Waals surface area contributed by atoms with Gasteiger partial charge in [-0.1, -0.05) is 6.07 Å². The molecule has 0 fully saturated rings. The van der Waals surface area contributed by atoms with Crippen LogP contribution >= 0.6 is 11.8 Å². The average Bonchev–Trinajstić information content (AvgIpc) is 2.48. The van der Waals surface area contributed by atoms with Crippen LogP contribution in [0.3, 0.4) is 0 Å². The molecular formula is C15H25NO3S. The molecule has 0 aliphatic heterocycles. The third-order valence-electron chi connectivity index (χ3n) is 2.79. The van der Waals surface area contributed by atoms with Crippen molar-refractivity contribution in [2.45, 2.75) is 13.0 Å². The van der Waals surface area contributed by atoms with E-state index in [4.69, 9.17) is 14.2 Å². The molecule has 0 aliphatic rings. The fourth-order valence-electron chi connectivity index (χ4n) is 1.74. The van der Waals surface area contributed by atoms with Crippen LogP contribution in [0.4, 0.5) is 0 Å². The van der Waals surface area contributed by atoms with Crippen molar-refractivity contribution in [2.75, 3.05) is 46.0 Å². The van der Waals surface area contributed by atoms with Crippen molar-refractivity contribution in [1.29, 1.82) is 0 Å². The second-order valence-corrected chi connectivity index (χ2v) is 5.34. The van der Waals surface area contributed by atoms with E-state index in [9.17, 15) is 0 Å². The molecule has 114 valence electrons. The molecule has 1 N–H and O–H groups in total. The maximum atomic E-state index is 5.81. The standard InChI is InChI=1S/C15H25NO3S/c1-17-9-7-16-12-13-5-6-14(18-2)15(11-13)19-8-4-10-20-3/h5-6,11,16H,4,7-10,12H2,1-3H3. The Morgan fingerprint density at radius 2 is 2.00 bits per heavy atom. The summed E-state index contributed by atoms with van der Waals surface area (Å²) in [5.41, 5.74) is 1.18. The Hall–Kier alpha value is -0.910. The molecule has 1 aromatic carbocycles. The zero-order chi connectivity index (χ0) is 14.6. The lowest BCUT2D eigenvalue weighted by Gasteiger charge is -2.12. The summed E-state index contributed by atoms with van der Waals surface area (Å²) in [7, 11) is 3.37. The van der Waals surface area contributed by atoms with E-state index in [1.54, 1.807) is 14.2 Å². The number of benzene rings is 1. The van der Waals surface area contributed by atoms with Gasteiger partial charge in [0.15, 0.2) is 11.5 Å². The van der Waals surface area contributed by atoms with Gasteiger partial charge in [0.25, 0.3) is 0 Å². The summed E-state index contributed by atoms with van der Waals surface area (Å²) in [5.74, 6) is 2.72. The molecule has 1 aromatic rings. The molecule has 0 atom stereocenters. The first-order valence-corrected chi connectivity index (χ1v) is 8.19. The summed E-state index contributed by atoms with van der Waals surface area (Å²) in [6.45, 7) is 3.08. The van der Waals surface area contributed by atoms with Crippen molar-refractivity contribution < 1.29 is 14.2 Å². The maximum Gasteiger partial charge on any atom is 0.161 e. The number of rotatable bonds is 11. The smallest absolute Gasteiger partial charge is 0.161 e. The average molecular weight is 299 g/mol. The van der Waals surface area contributed by atoms with E-state index in [-0.39, 0.29) is 0 Å². The number of ether oxygens (including phenoxy) is 3. The van der Waals surface area contributed by atoms with Gasteiger partial charge in [-0.25, -0.2) is 0 Å². The second kappa shape index (κ2) is 10.8. The highest BCUT2D eigenvalue weighted by Crippen LogP contribution is 2.28. The van der Waals surface area contributed by atoms with Crippen molar-refractivity contribution in [3.05, 3.63) is 23.8 Å². The lowest BCUT2D eigenvalue weighted by Crippen LogP contribution is -2.18. The largest absolute Gasteiger partial charge is 0.493 e. The van der Waals surface area contributed by atoms with Crippen LogP contribution in [-0.2, 0) is 11.3 Å². The molecule has 0 saturated heterocycles. The Labute approximate surface area is 126 Å². The fourth-order valence-corrected chi connectivity index (χ4v) is 2.14. The van der Waals surface area contributed by atoms with Gasteiger partial charge in [0.2, 0.25) is 0 Å². The summed E-state index contributed by atoms with van der Waals surface area (Å²) >= 11 is 1.83. The van der Waals surface area contributed by atoms with Crippen LogP contribution in [0.2, 0.25) is 0 Å². The van der Waals surface area contributed by atoms with Crippen molar-refractivity contribution in [3.8, 4) is 11.5 Å². The van der Waals surface area contributed by atoms with E-state index in [2.05, 4.69) is 11.6 Å². The lowest BCUT2D eigenvalue weighted by molar-refractivity contribution is 0.199. The molecule has 0 saturated carbocycles. The van der Waals surface area contributed by atoms with Crippen molar-refractivity contribution in [2.24, 2.45) is 0 Å². The van der Waals surface area contributed by atoms with Gasteiger partial charge in [-0.2, -0.15) is 11.8 Å². The molecule has 4 nitrogen and oxygen atoms in total. The monoisotopic (exact) mass is 299 g/mol. The highest BCUT2D eigenvalue weighted by molar-refractivity contribution is 7.98. The van der Waals surface area contributed by atoms with E-state index in [1.807, 2.05) is 30.0 Å². The Morgan fingerprint density at radius 3 is 2.70 bits per heavy atom. The van der Waals surface area contributed by atoms with Crippen LogP contribution in [-0.4, -0.2) is 46.0 Å². The number of methoxy groups -OCH3 is 2. The van der Waals surface area contributed by atoms with Crippen LogP contribution in [0.15, 0.2) is 18.2 Å². The first kappa shape index (κ1) is 17.1. The summed E-state index contributed by atoms with van der Waals surface area (Å²) < 4.78 is 16.1. The first-order chi connectivity index (χ1) is 9.81. The zero-order valence-electron chi connectivity index (χ0n) is 12.6. The Balaban J connectivity index is 2.51. The minimum absolute atomic E-state index is 0.716. The fraction of sp³-hybridized carbons (Fsp3) is 0.600. The molecule has 0 aromatic heterocycles. The predicted molar refractivity (Wildman–Crippen MR) is 85.1 cm³/mol. The third kappa shape index (κ3) is 6.50. The maximum absolute atomic E-state index is 5.81. The first-order valence-electron chi connectivity index (χ1n) is 6.80. The molecule has 0 aliphatic carbocycles. The lowest BCUT2D eigenvalue weighted by atomic mass is 10.2. The molecule has 1 rings (SSSR count). The summed E-state index contributed by atoms with van der Waals surface area (Å²) in [4.78, 5) is 0. The molecule has 0 unspecified atom stereocenters. The van der Waals surface area contributed by atoms with Crippen LogP contribution in [0.5, 0.6) is 11.5 Å². The minimum atomic E-state index is 0.716. The quantitative estimate of drug-likeness (QED) is 0.636. The molecular weight excluding hydrogens is 274 g/mol. The van der Waals surface area contributed by atoms with Gasteiger partial charge in [0.05, 0.1) is 20.3 Å². The van der Waals surface area contributed by atoms with E-state index >= 15 is 0 Å². The van der Waals surface area contributed by atoms with Gasteiger partial charge in [-0.3, -0.25) is 0 Å². The second-order valence-electron chi connectivity index (χ2n) is 4.35.